The Morgan fingerprint density at radius 2 is 1.61 bits per heavy atom. The van der Waals surface area contributed by atoms with Gasteiger partial charge in [-0.15, -0.1) is 0 Å². The molecule has 3 aromatic rings. The number of rotatable bonds is 15. The van der Waals surface area contributed by atoms with Crippen LogP contribution in [0.4, 0.5) is 13.2 Å². The zero-order chi connectivity index (χ0) is 32.2. The van der Waals surface area contributed by atoms with E-state index in [1.54, 1.807) is 12.3 Å². The summed E-state index contributed by atoms with van der Waals surface area (Å²) < 4.78 is 48.7. The molecule has 1 heterocycles. The summed E-state index contributed by atoms with van der Waals surface area (Å²) in [6, 6.07) is 8.24. The minimum Gasteiger partial charge on any atom is -0.500 e. The first kappa shape index (κ1) is 32.8. The molecule has 0 bridgehead atoms. The molecule has 9 heteroatoms. The lowest BCUT2D eigenvalue weighted by atomic mass is 9.94. The number of benzene rings is 2. The molecule has 1 saturated carbocycles. The molecule has 4 rings (SSSR count). The summed E-state index contributed by atoms with van der Waals surface area (Å²) in [6.07, 6.45) is 5.01. The van der Waals surface area contributed by atoms with Crippen LogP contribution in [-0.4, -0.2) is 40.4 Å². The molecule has 2 aromatic carbocycles. The lowest BCUT2D eigenvalue weighted by molar-refractivity contribution is -0.118. The Balaban J connectivity index is 1.50. The third kappa shape index (κ3) is 7.68. The Hall–Kier alpha value is -4.14. The molecule has 232 valence electrons. The highest BCUT2D eigenvalue weighted by atomic mass is 19.3. The maximum absolute atomic E-state index is 15.2. The molecule has 6 nitrogen and oxygen atoms in total. The van der Waals surface area contributed by atoms with Crippen LogP contribution in [0.3, 0.4) is 0 Å². The molecule has 44 heavy (non-hydrogen) atoms. The van der Waals surface area contributed by atoms with Gasteiger partial charge in [0.15, 0.2) is 0 Å². The fraction of sp³-hybridized carbons (Fsp3) is 0.400. The molecule has 1 aromatic heterocycles. The fourth-order valence-corrected chi connectivity index (χ4v) is 5.41. The van der Waals surface area contributed by atoms with E-state index in [-0.39, 0.29) is 41.5 Å². The molecule has 0 saturated heterocycles. The maximum atomic E-state index is 15.2. The number of allylic oxidation sites excluding steroid dienone is 3. The fourth-order valence-electron chi connectivity index (χ4n) is 5.41. The Morgan fingerprint density at radius 3 is 2.14 bits per heavy atom. The van der Waals surface area contributed by atoms with E-state index < -0.39 is 17.2 Å². The topological polar surface area (TPSA) is 86.2 Å². The summed E-state index contributed by atoms with van der Waals surface area (Å²) in [5, 5.41) is 0. The molecule has 0 amide bonds. The second-order valence-corrected chi connectivity index (χ2v) is 11.8. The Morgan fingerprint density at radius 1 is 1.00 bits per heavy atom. The minimum atomic E-state index is -2.96. The van der Waals surface area contributed by atoms with Gasteiger partial charge in [-0.2, -0.15) is 0 Å². The molecule has 0 radical (unpaired) electrons. The first-order valence-corrected chi connectivity index (χ1v) is 14.6. The number of Topliss-reactive ketones (excluding diaryl/α,β-unsaturated/α-hetero) is 3. The van der Waals surface area contributed by atoms with Gasteiger partial charge in [-0.25, -0.2) is 18.2 Å². The first-order valence-electron chi connectivity index (χ1n) is 14.6. The number of fused-ring (bicyclic) bond motifs is 1. The number of methoxy groups -OCH3 is 1. The quantitative estimate of drug-likeness (QED) is 0.132. The molecular weight excluding hydrogens is 569 g/mol. The van der Waals surface area contributed by atoms with E-state index in [4.69, 9.17) is 4.74 Å². The average Bonchev–Trinajstić information content (AvgIpc) is 3.76. The van der Waals surface area contributed by atoms with Gasteiger partial charge in [-0.05, 0) is 86.1 Å². The van der Waals surface area contributed by atoms with E-state index >= 15 is 4.39 Å². The lowest BCUT2D eigenvalue weighted by Gasteiger charge is -2.25. The highest BCUT2D eigenvalue weighted by Gasteiger charge is 2.62. The molecule has 1 aliphatic rings. The largest absolute Gasteiger partial charge is 0.500 e. The van der Waals surface area contributed by atoms with E-state index in [1.165, 1.54) is 39.2 Å². The van der Waals surface area contributed by atoms with E-state index in [9.17, 15) is 23.2 Å². The predicted molar refractivity (Wildman–Crippen MR) is 163 cm³/mol. The Kier molecular flexibility index (Phi) is 9.86. The Bertz CT molecular complexity index is 1650. The monoisotopic (exact) mass is 606 g/mol. The number of carbonyl (C=O) groups excluding carboxylic acids is 3. The van der Waals surface area contributed by atoms with Crippen LogP contribution >= 0.6 is 0 Å². The number of ether oxygens (including phenoxy) is 1. The SMILES string of the molecule is C=C(/C=C(\OC)C1(C(C)(F)F)CC1)CC(=O)Cc1ccc(-c2cnc3cc(CCC(C)=O)c(CCC(C)=O)cc3n2)cc1F. The molecule has 0 spiro atoms. The second kappa shape index (κ2) is 13.2. The summed E-state index contributed by atoms with van der Waals surface area (Å²) in [5.41, 5.74) is 3.14. The molecule has 1 fully saturated rings. The third-order valence-corrected chi connectivity index (χ3v) is 8.13. The van der Waals surface area contributed by atoms with Crippen molar-refractivity contribution in [3.8, 4) is 11.3 Å². The van der Waals surface area contributed by atoms with Gasteiger partial charge in [0.25, 0.3) is 5.92 Å². The number of carbonyl (C=O) groups is 3. The summed E-state index contributed by atoms with van der Waals surface area (Å²) in [4.78, 5) is 45.1. The van der Waals surface area contributed by atoms with Gasteiger partial charge in [0.1, 0.15) is 28.9 Å². The summed E-state index contributed by atoms with van der Waals surface area (Å²) in [5.74, 6) is -3.62. The van der Waals surface area contributed by atoms with Crippen LogP contribution in [0.2, 0.25) is 0 Å². The van der Waals surface area contributed by atoms with Gasteiger partial charge in [-0.1, -0.05) is 18.7 Å². The zero-order valence-corrected chi connectivity index (χ0v) is 25.6. The van der Waals surface area contributed by atoms with E-state index in [1.807, 2.05) is 12.1 Å². The Labute approximate surface area is 255 Å². The van der Waals surface area contributed by atoms with Crippen LogP contribution in [0.15, 0.2) is 60.5 Å². The highest BCUT2D eigenvalue weighted by Crippen LogP contribution is 2.61. The number of ketones is 3. The van der Waals surface area contributed by atoms with E-state index in [0.29, 0.717) is 66.4 Å². The van der Waals surface area contributed by atoms with Crippen LogP contribution in [0.1, 0.15) is 69.6 Å². The van der Waals surface area contributed by atoms with Gasteiger partial charge in [0.2, 0.25) is 0 Å². The van der Waals surface area contributed by atoms with Crippen LogP contribution < -0.4 is 0 Å². The van der Waals surface area contributed by atoms with Crippen molar-refractivity contribution in [1.29, 1.82) is 0 Å². The molecule has 0 aliphatic heterocycles. The lowest BCUT2D eigenvalue weighted by Crippen LogP contribution is -2.28. The first-order chi connectivity index (χ1) is 20.7. The molecule has 0 unspecified atom stereocenters. The predicted octanol–water partition coefficient (Wildman–Crippen LogP) is 7.50. The molecule has 1 aliphatic carbocycles. The number of nitrogens with zero attached hydrogens (tertiary/aromatic N) is 2. The van der Waals surface area contributed by atoms with E-state index in [2.05, 4.69) is 16.5 Å². The van der Waals surface area contributed by atoms with Gasteiger partial charge in [0, 0.05) is 38.2 Å². The molecular formula is C35H37F3N2O4. The van der Waals surface area contributed by atoms with Crippen molar-refractivity contribution in [2.45, 2.75) is 78.1 Å². The van der Waals surface area contributed by atoms with Gasteiger partial charge in [0.05, 0.1) is 35.4 Å². The van der Waals surface area contributed by atoms with Crippen molar-refractivity contribution in [3.63, 3.8) is 0 Å². The molecule has 0 atom stereocenters. The standard InChI is InChI=1S/C35H37F3N2O4/c1-21(15-33(44-5)35(12-13-35)34(4,37)38)14-28(43)16-26-10-11-27(17-29(26)36)32-20-39-30-18-24(8-6-22(2)41)25(9-7-23(3)42)19-31(30)40-32/h10-11,15,17-20H,1,6-9,12-14,16H2,2-5H3/b33-15-. The van der Waals surface area contributed by atoms with Crippen molar-refractivity contribution in [1.82, 2.24) is 9.97 Å². The van der Waals surface area contributed by atoms with Gasteiger partial charge >= 0.3 is 0 Å². The third-order valence-electron chi connectivity index (χ3n) is 8.13. The smallest absolute Gasteiger partial charge is 0.257 e. The number of aromatic nitrogens is 2. The van der Waals surface area contributed by atoms with Crippen LogP contribution in [-0.2, 0) is 38.4 Å². The van der Waals surface area contributed by atoms with Crippen molar-refractivity contribution < 1.29 is 32.3 Å². The van der Waals surface area contributed by atoms with Crippen molar-refractivity contribution in [2.24, 2.45) is 5.41 Å². The summed E-state index contributed by atoms with van der Waals surface area (Å²) >= 11 is 0. The van der Waals surface area contributed by atoms with E-state index in [0.717, 1.165) is 18.1 Å². The number of aryl methyl sites for hydroxylation is 2. The van der Waals surface area contributed by atoms with Crippen LogP contribution in [0, 0.1) is 11.2 Å². The number of hydrogen-bond donors (Lipinski definition) is 0. The summed E-state index contributed by atoms with van der Waals surface area (Å²) in [6.45, 7) is 7.77. The number of alkyl halides is 2. The van der Waals surface area contributed by atoms with Crippen LogP contribution in [0.25, 0.3) is 22.3 Å². The molecule has 0 N–H and O–H groups in total. The van der Waals surface area contributed by atoms with Gasteiger partial charge in [-0.3, -0.25) is 9.78 Å². The van der Waals surface area contributed by atoms with Crippen molar-refractivity contribution >= 4 is 28.4 Å². The normalized spacial score (nSPS) is 14.4. The van der Waals surface area contributed by atoms with Gasteiger partial charge < -0.3 is 14.3 Å². The number of halogens is 3. The van der Waals surface area contributed by atoms with Crippen LogP contribution in [0.5, 0.6) is 0 Å². The van der Waals surface area contributed by atoms with Crippen molar-refractivity contribution in [3.05, 3.63) is 83.0 Å². The average molecular weight is 607 g/mol. The number of hydrogen-bond acceptors (Lipinski definition) is 6. The second-order valence-electron chi connectivity index (χ2n) is 11.8. The van der Waals surface area contributed by atoms with Crippen molar-refractivity contribution in [2.75, 3.05) is 7.11 Å². The minimum absolute atomic E-state index is 0.0600. The summed E-state index contributed by atoms with van der Waals surface area (Å²) in [7, 11) is 1.32. The zero-order valence-electron chi connectivity index (χ0n) is 25.6. The highest BCUT2D eigenvalue weighted by molar-refractivity contribution is 5.84. The maximum Gasteiger partial charge on any atom is 0.257 e.